The molecule has 0 N–H and O–H groups in total. The average Bonchev–Trinajstić information content (AvgIpc) is 2.97. The zero-order valence-electron chi connectivity index (χ0n) is 22.5. The van der Waals surface area contributed by atoms with E-state index in [2.05, 4.69) is 71.3 Å². The minimum Gasteiger partial charge on any atom is -0.497 e. The van der Waals surface area contributed by atoms with Crippen molar-refractivity contribution in [2.24, 2.45) is 0 Å². The molecule has 0 saturated carbocycles. The van der Waals surface area contributed by atoms with Crippen molar-refractivity contribution in [2.75, 3.05) is 44.8 Å². The number of hydrogen-bond acceptors (Lipinski definition) is 4. The van der Waals surface area contributed by atoms with Crippen LogP contribution in [0.25, 0.3) is 21.9 Å². The van der Waals surface area contributed by atoms with Gasteiger partial charge < -0.3 is 14.4 Å². The summed E-state index contributed by atoms with van der Waals surface area (Å²) in [4.78, 5) is 4.66. The van der Waals surface area contributed by atoms with E-state index in [0.717, 1.165) is 54.3 Å². The number of anilines is 1. The Balaban J connectivity index is 1.35. The number of benzene rings is 4. The lowest BCUT2D eigenvalue weighted by molar-refractivity contribution is 0.180. The van der Waals surface area contributed by atoms with Crippen LogP contribution in [-0.4, -0.2) is 44.8 Å². The number of piperidine rings is 1. The molecule has 0 atom stereocenters. The van der Waals surface area contributed by atoms with Crippen molar-refractivity contribution in [3.05, 3.63) is 90.2 Å². The summed E-state index contributed by atoms with van der Waals surface area (Å²) in [7, 11) is 1.69. The Bertz CT molecular complexity index is 1370. The first-order chi connectivity index (χ1) is 18.6. The van der Waals surface area contributed by atoms with E-state index in [4.69, 9.17) is 9.47 Å². The summed E-state index contributed by atoms with van der Waals surface area (Å²) in [6, 6.07) is 26.5. The summed E-state index contributed by atoms with van der Waals surface area (Å²) in [5, 5.41) is 2.42. The molecule has 4 aromatic carbocycles. The minimum atomic E-state index is -0.308. The van der Waals surface area contributed by atoms with Crippen LogP contribution in [0.2, 0.25) is 0 Å². The second-order valence-electron chi connectivity index (χ2n) is 9.97. The predicted molar refractivity (Wildman–Crippen MR) is 155 cm³/mol. The van der Waals surface area contributed by atoms with E-state index < -0.39 is 0 Å². The zero-order chi connectivity index (χ0) is 26.3. The van der Waals surface area contributed by atoms with Crippen molar-refractivity contribution >= 4 is 16.5 Å². The average molecular weight is 513 g/mol. The Kier molecular flexibility index (Phi) is 8.44. The fourth-order valence-electron chi connectivity index (χ4n) is 5.32. The maximum absolute atomic E-state index is 15.0. The monoisotopic (exact) mass is 512 g/mol. The van der Waals surface area contributed by atoms with E-state index in [1.54, 1.807) is 19.2 Å². The molecule has 1 aliphatic heterocycles. The van der Waals surface area contributed by atoms with Crippen LogP contribution in [0.3, 0.4) is 0 Å². The van der Waals surface area contributed by atoms with Crippen molar-refractivity contribution in [3.63, 3.8) is 0 Å². The van der Waals surface area contributed by atoms with Gasteiger partial charge in [-0.1, -0.05) is 48.9 Å². The van der Waals surface area contributed by atoms with Crippen LogP contribution in [0, 0.1) is 5.82 Å². The molecule has 1 saturated heterocycles. The summed E-state index contributed by atoms with van der Waals surface area (Å²) >= 11 is 0. The van der Waals surface area contributed by atoms with Gasteiger partial charge in [-0.05, 0) is 85.1 Å². The molecule has 0 unspecified atom stereocenters. The third-order valence-electron chi connectivity index (χ3n) is 7.47. The van der Waals surface area contributed by atoms with Crippen molar-refractivity contribution < 1.29 is 13.9 Å². The highest BCUT2D eigenvalue weighted by Crippen LogP contribution is 2.36. The van der Waals surface area contributed by atoms with E-state index in [1.807, 2.05) is 12.1 Å². The molecule has 0 radical (unpaired) electrons. The number of methoxy groups -OCH3 is 1. The second kappa shape index (κ2) is 12.3. The summed E-state index contributed by atoms with van der Waals surface area (Å²) in [5.41, 5.74) is 4.23. The van der Waals surface area contributed by atoms with Gasteiger partial charge in [0.05, 0.1) is 7.11 Å². The Morgan fingerprint density at radius 1 is 0.868 bits per heavy atom. The predicted octanol–water partition coefficient (Wildman–Crippen LogP) is 7.55. The number of fused-ring (bicyclic) bond motifs is 1. The third-order valence-corrected chi connectivity index (χ3v) is 7.47. The van der Waals surface area contributed by atoms with Gasteiger partial charge >= 0.3 is 0 Å². The van der Waals surface area contributed by atoms with Gasteiger partial charge in [0.25, 0.3) is 0 Å². The van der Waals surface area contributed by atoms with E-state index >= 15 is 4.39 Å². The molecule has 38 heavy (non-hydrogen) atoms. The number of hydrogen-bond donors (Lipinski definition) is 0. The van der Waals surface area contributed by atoms with Crippen molar-refractivity contribution in [3.8, 4) is 22.6 Å². The molecule has 0 bridgehead atoms. The molecule has 1 fully saturated rings. The van der Waals surface area contributed by atoms with Gasteiger partial charge in [0.2, 0.25) is 0 Å². The van der Waals surface area contributed by atoms with Gasteiger partial charge in [-0.3, -0.25) is 4.90 Å². The Morgan fingerprint density at radius 3 is 2.45 bits per heavy atom. The topological polar surface area (TPSA) is 24.9 Å². The molecular weight excluding hydrogens is 475 g/mol. The quantitative estimate of drug-likeness (QED) is 0.219. The van der Waals surface area contributed by atoms with Gasteiger partial charge in [-0.2, -0.15) is 0 Å². The number of likely N-dealkylation sites (tertiary alicyclic amines) is 1. The van der Waals surface area contributed by atoms with Gasteiger partial charge in [0.1, 0.15) is 12.4 Å². The van der Waals surface area contributed by atoms with Crippen LogP contribution in [-0.2, 0) is 6.54 Å². The molecule has 1 aliphatic rings. The molecule has 0 spiro atoms. The maximum atomic E-state index is 15.0. The molecule has 0 amide bonds. The van der Waals surface area contributed by atoms with Crippen LogP contribution >= 0.6 is 0 Å². The summed E-state index contributed by atoms with van der Waals surface area (Å²) in [6.07, 6.45) is 3.79. The Hall–Kier alpha value is -3.57. The first-order valence-electron chi connectivity index (χ1n) is 13.7. The number of halogens is 1. The van der Waals surface area contributed by atoms with Crippen molar-refractivity contribution in [1.82, 2.24) is 4.90 Å². The lowest BCUT2D eigenvalue weighted by Crippen LogP contribution is -2.33. The fraction of sp³-hybridized carbons (Fsp3) is 0.333. The lowest BCUT2D eigenvalue weighted by atomic mass is 9.98. The minimum absolute atomic E-state index is 0.308. The molecule has 0 aromatic heterocycles. The number of nitrogens with zero attached hydrogens (tertiary/aromatic N) is 2. The van der Waals surface area contributed by atoms with Crippen LogP contribution in [0.1, 0.15) is 31.7 Å². The summed E-state index contributed by atoms with van der Waals surface area (Å²) < 4.78 is 26.4. The molecular formula is C33H37FN2O2. The van der Waals surface area contributed by atoms with Gasteiger partial charge in [0.15, 0.2) is 11.6 Å². The summed E-state index contributed by atoms with van der Waals surface area (Å²) in [5.74, 6) is 0.816. The standard InChI is InChI=1S/C33H37FN2O2/c1-3-36(24-25-11-16-33(31(34)21-25)38-20-19-35-17-7-4-8-18-35)32-23-29(37-2)14-15-30(32)28-13-12-26-9-5-6-10-27(26)22-28/h5-6,9-16,21-23H,3-4,7-8,17-20,24H2,1-2H3. The highest BCUT2D eigenvalue weighted by molar-refractivity contribution is 5.90. The SMILES string of the molecule is CCN(Cc1ccc(OCCN2CCCCC2)c(F)c1)c1cc(OC)ccc1-c1ccc2ccccc2c1. The Morgan fingerprint density at radius 2 is 1.68 bits per heavy atom. The molecule has 5 rings (SSSR count). The second-order valence-corrected chi connectivity index (χ2v) is 9.97. The van der Waals surface area contributed by atoms with Crippen molar-refractivity contribution in [2.45, 2.75) is 32.7 Å². The Labute approximate surface area is 225 Å². The first-order valence-corrected chi connectivity index (χ1v) is 13.7. The normalized spacial score (nSPS) is 14.0. The highest BCUT2D eigenvalue weighted by Gasteiger charge is 2.16. The van der Waals surface area contributed by atoms with E-state index in [-0.39, 0.29) is 5.82 Å². The van der Waals surface area contributed by atoms with Gasteiger partial charge in [-0.15, -0.1) is 0 Å². The van der Waals surface area contributed by atoms with Crippen LogP contribution in [0.5, 0.6) is 11.5 Å². The third kappa shape index (κ3) is 6.11. The molecule has 1 heterocycles. The number of ether oxygens (including phenoxy) is 2. The maximum Gasteiger partial charge on any atom is 0.165 e. The summed E-state index contributed by atoms with van der Waals surface area (Å²) in [6.45, 7) is 7.05. The van der Waals surface area contributed by atoms with E-state index in [1.165, 1.54) is 30.0 Å². The highest BCUT2D eigenvalue weighted by atomic mass is 19.1. The smallest absolute Gasteiger partial charge is 0.165 e. The number of rotatable bonds is 10. The van der Waals surface area contributed by atoms with Crippen molar-refractivity contribution in [1.29, 1.82) is 0 Å². The fourth-order valence-corrected chi connectivity index (χ4v) is 5.32. The van der Waals surface area contributed by atoms with E-state index in [0.29, 0.717) is 18.9 Å². The molecule has 198 valence electrons. The largest absolute Gasteiger partial charge is 0.497 e. The molecule has 5 heteroatoms. The molecule has 4 aromatic rings. The first kappa shape index (κ1) is 26.1. The van der Waals surface area contributed by atoms with Crippen LogP contribution in [0.4, 0.5) is 10.1 Å². The zero-order valence-corrected chi connectivity index (χ0v) is 22.5. The van der Waals surface area contributed by atoms with Crippen LogP contribution in [0.15, 0.2) is 78.9 Å². The van der Waals surface area contributed by atoms with E-state index in [9.17, 15) is 0 Å². The molecule has 0 aliphatic carbocycles. The molecule has 4 nitrogen and oxygen atoms in total. The van der Waals surface area contributed by atoms with Crippen LogP contribution < -0.4 is 14.4 Å². The van der Waals surface area contributed by atoms with Gasteiger partial charge in [-0.25, -0.2) is 4.39 Å². The van der Waals surface area contributed by atoms with Gasteiger partial charge in [0, 0.05) is 37.0 Å². The lowest BCUT2D eigenvalue weighted by Gasteiger charge is -2.27.